The van der Waals surface area contributed by atoms with Gasteiger partial charge in [0.25, 0.3) is 0 Å². The maximum absolute atomic E-state index is 8.60. The molecule has 0 unspecified atom stereocenters. The van der Waals surface area contributed by atoms with Crippen LogP contribution in [0.3, 0.4) is 0 Å². The molecule has 0 saturated carbocycles. The molecule has 0 fully saturated rings. The highest BCUT2D eigenvalue weighted by Crippen LogP contribution is 2.10. The molecule has 0 bridgehead atoms. The van der Waals surface area contributed by atoms with E-state index in [0.717, 1.165) is 17.7 Å². The van der Waals surface area contributed by atoms with Gasteiger partial charge >= 0.3 is 0 Å². The van der Waals surface area contributed by atoms with Crippen molar-refractivity contribution in [1.82, 2.24) is 4.98 Å². The first kappa shape index (κ1) is 12.5. The standard InChI is InChI=1S/C13H17NO2/c1-2-8-16-13-9-12(10-14-11-13)6-4-3-5-7-15/h9-11,15H,2-3,5,7-8H2,1H3. The number of rotatable bonds is 5. The molecule has 16 heavy (non-hydrogen) atoms. The second-order valence-corrected chi connectivity index (χ2v) is 3.39. The van der Waals surface area contributed by atoms with E-state index in [-0.39, 0.29) is 6.61 Å². The first-order valence-electron chi connectivity index (χ1n) is 5.54. The number of hydrogen-bond acceptors (Lipinski definition) is 3. The van der Waals surface area contributed by atoms with Crippen molar-refractivity contribution in [2.75, 3.05) is 13.2 Å². The molecular formula is C13H17NO2. The van der Waals surface area contributed by atoms with Crippen molar-refractivity contribution in [3.63, 3.8) is 0 Å². The molecule has 3 heteroatoms. The Labute approximate surface area is 96.5 Å². The Bertz CT molecular complexity index is 366. The fourth-order valence-corrected chi connectivity index (χ4v) is 1.12. The second kappa shape index (κ2) is 7.72. The third kappa shape index (κ3) is 4.81. The van der Waals surface area contributed by atoms with Crippen LogP contribution in [0.1, 0.15) is 31.7 Å². The van der Waals surface area contributed by atoms with Gasteiger partial charge in [0.2, 0.25) is 0 Å². The Hall–Kier alpha value is -1.53. The van der Waals surface area contributed by atoms with Crippen LogP contribution < -0.4 is 4.74 Å². The summed E-state index contributed by atoms with van der Waals surface area (Å²) in [5.41, 5.74) is 0.853. The molecule has 1 aromatic heterocycles. The van der Waals surface area contributed by atoms with Gasteiger partial charge in [-0.1, -0.05) is 18.8 Å². The van der Waals surface area contributed by atoms with Gasteiger partial charge in [0, 0.05) is 24.8 Å². The molecule has 1 N–H and O–H groups in total. The minimum atomic E-state index is 0.187. The summed E-state index contributed by atoms with van der Waals surface area (Å²) in [6, 6.07) is 1.88. The topological polar surface area (TPSA) is 42.4 Å². The highest BCUT2D eigenvalue weighted by molar-refractivity contribution is 5.36. The van der Waals surface area contributed by atoms with Gasteiger partial charge in [-0.15, -0.1) is 0 Å². The first-order valence-corrected chi connectivity index (χ1v) is 5.54. The van der Waals surface area contributed by atoms with Gasteiger partial charge in [-0.25, -0.2) is 0 Å². The van der Waals surface area contributed by atoms with Crippen LogP contribution in [-0.2, 0) is 0 Å². The molecule has 0 amide bonds. The van der Waals surface area contributed by atoms with E-state index in [1.54, 1.807) is 12.4 Å². The number of hydrogen-bond donors (Lipinski definition) is 1. The molecule has 0 aromatic carbocycles. The molecule has 0 spiro atoms. The van der Waals surface area contributed by atoms with E-state index in [9.17, 15) is 0 Å². The number of aromatic nitrogens is 1. The van der Waals surface area contributed by atoms with Crippen molar-refractivity contribution in [3.8, 4) is 17.6 Å². The number of aliphatic hydroxyl groups is 1. The van der Waals surface area contributed by atoms with E-state index in [4.69, 9.17) is 9.84 Å². The number of aliphatic hydroxyl groups excluding tert-OH is 1. The number of nitrogens with zero attached hydrogens (tertiary/aromatic N) is 1. The Kier molecular flexibility index (Phi) is 6.05. The number of pyridine rings is 1. The highest BCUT2D eigenvalue weighted by Gasteiger charge is 1.94. The summed E-state index contributed by atoms with van der Waals surface area (Å²) in [4.78, 5) is 4.06. The summed E-state index contributed by atoms with van der Waals surface area (Å²) >= 11 is 0. The molecule has 1 rings (SSSR count). The molecule has 86 valence electrons. The van der Waals surface area contributed by atoms with E-state index in [1.165, 1.54) is 0 Å². The molecular weight excluding hydrogens is 202 g/mol. The monoisotopic (exact) mass is 219 g/mol. The predicted octanol–water partition coefficient (Wildman–Crippen LogP) is 1.99. The summed E-state index contributed by atoms with van der Waals surface area (Å²) in [7, 11) is 0. The van der Waals surface area contributed by atoms with Crippen LogP contribution in [0.15, 0.2) is 18.5 Å². The Morgan fingerprint density at radius 3 is 3.06 bits per heavy atom. The molecule has 1 heterocycles. The van der Waals surface area contributed by atoms with Gasteiger partial charge in [-0.05, 0) is 18.9 Å². The lowest BCUT2D eigenvalue weighted by molar-refractivity contribution is 0.290. The van der Waals surface area contributed by atoms with Gasteiger partial charge in [-0.3, -0.25) is 4.98 Å². The second-order valence-electron chi connectivity index (χ2n) is 3.39. The predicted molar refractivity (Wildman–Crippen MR) is 63.2 cm³/mol. The molecule has 0 radical (unpaired) electrons. The van der Waals surface area contributed by atoms with E-state index < -0.39 is 0 Å². The zero-order chi connectivity index (χ0) is 11.6. The summed E-state index contributed by atoms with van der Waals surface area (Å²) < 4.78 is 5.45. The average Bonchev–Trinajstić information content (AvgIpc) is 2.33. The van der Waals surface area contributed by atoms with Gasteiger partial charge < -0.3 is 9.84 Å². The lowest BCUT2D eigenvalue weighted by Crippen LogP contribution is -1.95. The molecule has 0 saturated heterocycles. The van der Waals surface area contributed by atoms with Crippen LogP contribution in [0.5, 0.6) is 5.75 Å². The summed E-state index contributed by atoms with van der Waals surface area (Å²) in [5, 5.41) is 8.60. The van der Waals surface area contributed by atoms with Crippen molar-refractivity contribution < 1.29 is 9.84 Å². The minimum Gasteiger partial charge on any atom is -0.492 e. The molecule has 0 aliphatic rings. The zero-order valence-corrected chi connectivity index (χ0v) is 9.57. The minimum absolute atomic E-state index is 0.187. The fourth-order valence-electron chi connectivity index (χ4n) is 1.12. The van der Waals surface area contributed by atoms with Crippen molar-refractivity contribution >= 4 is 0 Å². The van der Waals surface area contributed by atoms with Crippen LogP contribution in [0.25, 0.3) is 0 Å². The maximum Gasteiger partial charge on any atom is 0.138 e. The Morgan fingerprint density at radius 1 is 1.44 bits per heavy atom. The van der Waals surface area contributed by atoms with Crippen LogP contribution >= 0.6 is 0 Å². The third-order valence-corrected chi connectivity index (χ3v) is 1.88. The smallest absolute Gasteiger partial charge is 0.138 e. The quantitative estimate of drug-likeness (QED) is 0.608. The van der Waals surface area contributed by atoms with Gasteiger partial charge in [0.05, 0.1) is 12.8 Å². The summed E-state index contributed by atoms with van der Waals surface area (Å²) in [6.45, 7) is 2.95. The van der Waals surface area contributed by atoms with Crippen molar-refractivity contribution in [1.29, 1.82) is 0 Å². The maximum atomic E-state index is 8.60. The highest BCUT2D eigenvalue weighted by atomic mass is 16.5. The van der Waals surface area contributed by atoms with E-state index in [1.807, 2.05) is 6.07 Å². The number of ether oxygens (including phenoxy) is 1. The van der Waals surface area contributed by atoms with Crippen LogP contribution in [0.4, 0.5) is 0 Å². The molecule has 3 nitrogen and oxygen atoms in total. The Morgan fingerprint density at radius 2 is 2.31 bits per heavy atom. The SMILES string of the molecule is CCCOc1cncc(C#CCCCO)c1. The first-order chi connectivity index (χ1) is 7.86. The van der Waals surface area contributed by atoms with Gasteiger partial charge in [-0.2, -0.15) is 0 Å². The number of unbranched alkanes of at least 4 members (excludes halogenated alkanes) is 1. The van der Waals surface area contributed by atoms with Gasteiger partial charge in [0.1, 0.15) is 5.75 Å². The summed E-state index contributed by atoms with van der Waals surface area (Å²) in [6.07, 6.45) is 5.80. The van der Waals surface area contributed by atoms with Crippen molar-refractivity contribution in [3.05, 3.63) is 24.0 Å². The van der Waals surface area contributed by atoms with Crippen molar-refractivity contribution in [2.45, 2.75) is 26.2 Å². The Balaban J connectivity index is 2.55. The molecule has 0 atom stereocenters. The fraction of sp³-hybridized carbons (Fsp3) is 0.462. The normalized spacial score (nSPS) is 9.38. The molecule has 0 aliphatic carbocycles. The van der Waals surface area contributed by atoms with E-state index in [2.05, 4.69) is 23.7 Å². The van der Waals surface area contributed by atoms with E-state index in [0.29, 0.717) is 19.4 Å². The lowest BCUT2D eigenvalue weighted by Gasteiger charge is -2.03. The zero-order valence-electron chi connectivity index (χ0n) is 9.57. The lowest BCUT2D eigenvalue weighted by atomic mass is 10.2. The third-order valence-electron chi connectivity index (χ3n) is 1.88. The van der Waals surface area contributed by atoms with Crippen LogP contribution in [-0.4, -0.2) is 23.3 Å². The molecule has 1 aromatic rings. The average molecular weight is 219 g/mol. The summed E-state index contributed by atoms with van der Waals surface area (Å²) in [5.74, 6) is 6.73. The van der Waals surface area contributed by atoms with Crippen LogP contribution in [0.2, 0.25) is 0 Å². The molecule has 0 aliphatic heterocycles. The van der Waals surface area contributed by atoms with E-state index >= 15 is 0 Å². The van der Waals surface area contributed by atoms with Crippen LogP contribution in [0, 0.1) is 11.8 Å². The van der Waals surface area contributed by atoms with Gasteiger partial charge in [0.15, 0.2) is 0 Å². The van der Waals surface area contributed by atoms with Crippen molar-refractivity contribution in [2.24, 2.45) is 0 Å². The largest absolute Gasteiger partial charge is 0.492 e.